The van der Waals surface area contributed by atoms with Crippen molar-refractivity contribution in [3.8, 4) is 0 Å². The monoisotopic (exact) mass is 285 g/mol. The van der Waals surface area contributed by atoms with Crippen LogP contribution in [0.15, 0.2) is 16.6 Å². The van der Waals surface area contributed by atoms with E-state index in [1.54, 1.807) is 6.07 Å². The van der Waals surface area contributed by atoms with E-state index < -0.39 is 11.9 Å². The molecule has 1 aromatic rings. The lowest BCUT2D eigenvalue weighted by Gasteiger charge is -2.14. The summed E-state index contributed by atoms with van der Waals surface area (Å²) < 4.78 is 0.907. The molecule has 4 heteroatoms. The molecule has 0 bridgehead atoms. The van der Waals surface area contributed by atoms with Gasteiger partial charge in [-0.25, -0.2) is 0 Å². The van der Waals surface area contributed by atoms with Gasteiger partial charge in [0.25, 0.3) is 0 Å². The first kappa shape index (κ1) is 13.2. The Hall–Kier alpha value is -0.900. The highest BCUT2D eigenvalue weighted by Gasteiger charge is 2.22. The number of hydrogen-bond donors (Lipinski definition) is 1. The van der Waals surface area contributed by atoms with Gasteiger partial charge in [-0.05, 0) is 47.3 Å². The molecule has 0 aliphatic heterocycles. The second-order valence-electron chi connectivity index (χ2n) is 4.32. The minimum atomic E-state index is -0.803. The minimum absolute atomic E-state index is 0.340. The summed E-state index contributed by atoms with van der Waals surface area (Å²) in [5.74, 6) is -0.971. The molecule has 1 aromatic heterocycles. The molecule has 16 heavy (non-hydrogen) atoms. The topological polar surface area (TPSA) is 50.2 Å². The van der Waals surface area contributed by atoms with Crippen molar-refractivity contribution in [1.29, 1.82) is 0 Å². The van der Waals surface area contributed by atoms with Crippen LogP contribution in [0, 0.1) is 12.8 Å². The van der Waals surface area contributed by atoms with Gasteiger partial charge in [0.1, 0.15) is 0 Å². The number of aliphatic carboxylic acids is 1. The highest BCUT2D eigenvalue weighted by Crippen LogP contribution is 2.25. The van der Waals surface area contributed by atoms with Crippen molar-refractivity contribution in [2.75, 3.05) is 0 Å². The number of hydrogen-bond acceptors (Lipinski definition) is 2. The number of pyridine rings is 1. The third-order valence-corrected chi connectivity index (χ3v) is 3.24. The fraction of sp³-hybridized carbons (Fsp3) is 0.500. The number of carboxylic acids is 1. The zero-order chi connectivity index (χ0) is 12.3. The molecule has 0 radical (unpaired) electrons. The normalized spacial score (nSPS) is 12.8. The average molecular weight is 286 g/mol. The second kappa shape index (κ2) is 5.43. The Morgan fingerprint density at radius 1 is 1.50 bits per heavy atom. The Labute approximate surface area is 104 Å². The summed E-state index contributed by atoms with van der Waals surface area (Å²) in [7, 11) is 0. The third kappa shape index (κ3) is 3.30. The Morgan fingerprint density at radius 2 is 2.12 bits per heavy atom. The molecule has 1 unspecified atom stereocenters. The molecular weight excluding hydrogens is 270 g/mol. The van der Waals surface area contributed by atoms with E-state index in [-0.39, 0.29) is 0 Å². The first-order valence-corrected chi connectivity index (χ1v) is 6.07. The van der Waals surface area contributed by atoms with Crippen molar-refractivity contribution in [1.82, 2.24) is 4.98 Å². The summed E-state index contributed by atoms with van der Waals surface area (Å²) in [4.78, 5) is 15.5. The van der Waals surface area contributed by atoms with Crippen molar-refractivity contribution in [2.24, 2.45) is 5.92 Å². The van der Waals surface area contributed by atoms with Gasteiger partial charge in [-0.1, -0.05) is 13.8 Å². The van der Waals surface area contributed by atoms with Crippen LogP contribution in [0.3, 0.4) is 0 Å². The molecule has 3 nitrogen and oxygen atoms in total. The highest BCUT2D eigenvalue weighted by molar-refractivity contribution is 9.10. The largest absolute Gasteiger partial charge is 0.481 e. The molecule has 0 amide bonds. The predicted molar refractivity (Wildman–Crippen MR) is 66.5 cm³/mol. The van der Waals surface area contributed by atoms with Gasteiger partial charge >= 0.3 is 5.97 Å². The number of rotatable bonds is 4. The van der Waals surface area contributed by atoms with Crippen molar-refractivity contribution in [2.45, 2.75) is 33.1 Å². The molecule has 1 heterocycles. The number of halogens is 1. The first-order chi connectivity index (χ1) is 7.41. The molecule has 88 valence electrons. The van der Waals surface area contributed by atoms with Crippen molar-refractivity contribution >= 4 is 21.9 Å². The van der Waals surface area contributed by atoms with Gasteiger partial charge < -0.3 is 5.11 Å². The molecule has 0 aliphatic carbocycles. The van der Waals surface area contributed by atoms with E-state index in [2.05, 4.69) is 20.9 Å². The van der Waals surface area contributed by atoms with Crippen LogP contribution in [-0.2, 0) is 4.79 Å². The molecule has 1 atom stereocenters. The lowest BCUT2D eigenvalue weighted by Crippen LogP contribution is -2.15. The quantitative estimate of drug-likeness (QED) is 0.923. The van der Waals surface area contributed by atoms with Crippen LogP contribution in [-0.4, -0.2) is 16.1 Å². The van der Waals surface area contributed by atoms with Crippen LogP contribution in [0.4, 0.5) is 0 Å². The maximum Gasteiger partial charge on any atom is 0.312 e. The lowest BCUT2D eigenvalue weighted by atomic mass is 9.94. The molecule has 0 saturated heterocycles. The Balaban J connectivity index is 3.01. The molecule has 0 aromatic carbocycles. The number of carboxylic acid groups (broad SMARTS) is 1. The molecule has 1 rings (SSSR count). The summed E-state index contributed by atoms with van der Waals surface area (Å²) in [5, 5.41) is 9.18. The van der Waals surface area contributed by atoms with E-state index in [0.29, 0.717) is 18.0 Å². The summed E-state index contributed by atoms with van der Waals surface area (Å²) in [5.41, 5.74) is 1.47. The molecule has 0 saturated carbocycles. The Morgan fingerprint density at radius 3 is 2.56 bits per heavy atom. The summed E-state index contributed by atoms with van der Waals surface area (Å²) in [6, 6.07) is 3.63. The van der Waals surface area contributed by atoms with E-state index >= 15 is 0 Å². The van der Waals surface area contributed by atoms with Crippen LogP contribution in [0.1, 0.15) is 37.6 Å². The van der Waals surface area contributed by atoms with Crippen molar-refractivity contribution in [3.63, 3.8) is 0 Å². The maximum atomic E-state index is 11.2. The molecule has 0 spiro atoms. The second-order valence-corrected chi connectivity index (χ2v) is 5.18. The average Bonchev–Trinajstić information content (AvgIpc) is 2.18. The molecule has 1 N–H and O–H groups in total. The lowest BCUT2D eigenvalue weighted by molar-refractivity contribution is -0.139. The molecule has 0 aliphatic rings. The van der Waals surface area contributed by atoms with Gasteiger partial charge in [0.15, 0.2) is 0 Å². The zero-order valence-electron chi connectivity index (χ0n) is 9.70. The van der Waals surface area contributed by atoms with Crippen LogP contribution < -0.4 is 0 Å². The predicted octanol–water partition coefficient (Wildman–Crippen LogP) is 3.37. The van der Waals surface area contributed by atoms with Crippen LogP contribution in [0.5, 0.6) is 0 Å². The minimum Gasteiger partial charge on any atom is -0.481 e. The SMILES string of the molecule is Cc1nc(C(CC(C)C)C(=O)O)ccc1Br. The molecular formula is C12H16BrNO2. The van der Waals surface area contributed by atoms with Gasteiger partial charge in [-0.3, -0.25) is 9.78 Å². The van der Waals surface area contributed by atoms with E-state index in [9.17, 15) is 9.90 Å². The van der Waals surface area contributed by atoms with E-state index in [1.807, 2.05) is 26.8 Å². The number of aryl methyl sites for hydroxylation is 1. The fourth-order valence-electron chi connectivity index (χ4n) is 1.58. The van der Waals surface area contributed by atoms with E-state index in [4.69, 9.17) is 0 Å². The highest BCUT2D eigenvalue weighted by atomic mass is 79.9. The first-order valence-electron chi connectivity index (χ1n) is 5.27. The van der Waals surface area contributed by atoms with Crippen molar-refractivity contribution in [3.05, 3.63) is 28.0 Å². The van der Waals surface area contributed by atoms with Crippen LogP contribution in [0.25, 0.3) is 0 Å². The van der Waals surface area contributed by atoms with Crippen LogP contribution in [0.2, 0.25) is 0 Å². The number of aromatic nitrogens is 1. The van der Waals surface area contributed by atoms with E-state index in [0.717, 1.165) is 10.2 Å². The molecule has 0 fully saturated rings. The van der Waals surface area contributed by atoms with E-state index in [1.165, 1.54) is 0 Å². The summed E-state index contributed by atoms with van der Waals surface area (Å²) in [6.45, 7) is 5.89. The standard InChI is InChI=1S/C12H16BrNO2/c1-7(2)6-9(12(15)16)11-5-4-10(13)8(3)14-11/h4-5,7,9H,6H2,1-3H3,(H,15,16). The smallest absolute Gasteiger partial charge is 0.312 e. The Bertz CT molecular complexity index is 391. The van der Waals surface area contributed by atoms with Gasteiger partial charge in [0, 0.05) is 4.47 Å². The fourth-order valence-corrected chi connectivity index (χ4v) is 1.80. The van der Waals surface area contributed by atoms with Crippen molar-refractivity contribution < 1.29 is 9.90 Å². The maximum absolute atomic E-state index is 11.2. The number of nitrogens with zero attached hydrogens (tertiary/aromatic N) is 1. The van der Waals surface area contributed by atoms with Gasteiger partial charge in [0.2, 0.25) is 0 Å². The van der Waals surface area contributed by atoms with Gasteiger partial charge in [-0.2, -0.15) is 0 Å². The van der Waals surface area contributed by atoms with Gasteiger partial charge in [-0.15, -0.1) is 0 Å². The van der Waals surface area contributed by atoms with Crippen LogP contribution >= 0.6 is 15.9 Å². The third-order valence-electron chi connectivity index (χ3n) is 2.41. The summed E-state index contributed by atoms with van der Waals surface area (Å²) in [6.07, 6.45) is 0.614. The summed E-state index contributed by atoms with van der Waals surface area (Å²) >= 11 is 3.36. The number of carbonyl (C=O) groups is 1. The van der Waals surface area contributed by atoms with Gasteiger partial charge in [0.05, 0.1) is 17.3 Å². The zero-order valence-corrected chi connectivity index (χ0v) is 11.3. The Kier molecular flexibility index (Phi) is 4.47.